The normalized spacial score (nSPS) is 21.6. The van der Waals surface area contributed by atoms with Crippen molar-refractivity contribution in [2.75, 3.05) is 25.4 Å². The van der Waals surface area contributed by atoms with Crippen LogP contribution in [0.15, 0.2) is 0 Å². The number of aliphatic carboxylic acids is 1. The summed E-state index contributed by atoms with van der Waals surface area (Å²) >= 11 is 0. The zero-order valence-corrected chi connectivity index (χ0v) is 12.9. The Morgan fingerprint density at radius 3 is 2.55 bits per heavy atom. The van der Waals surface area contributed by atoms with Crippen LogP contribution in [0.3, 0.4) is 0 Å². The molecule has 0 aromatic heterocycles. The minimum absolute atomic E-state index is 0.0834. The third-order valence-electron chi connectivity index (χ3n) is 3.39. The van der Waals surface area contributed by atoms with Crippen molar-refractivity contribution in [2.45, 2.75) is 38.0 Å². The van der Waals surface area contributed by atoms with E-state index in [1.165, 1.54) is 0 Å². The van der Waals surface area contributed by atoms with E-state index in [0.29, 0.717) is 13.1 Å². The first kappa shape index (κ1) is 16.9. The second-order valence-corrected chi connectivity index (χ2v) is 8.73. The second kappa shape index (κ2) is 6.09. The first-order chi connectivity index (χ1) is 9.04. The lowest BCUT2D eigenvalue weighted by molar-refractivity contribution is -0.143. The third kappa shape index (κ3) is 4.17. The van der Waals surface area contributed by atoms with E-state index in [2.05, 4.69) is 5.32 Å². The summed E-state index contributed by atoms with van der Waals surface area (Å²) in [5.41, 5.74) is 0. The van der Waals surface area contributed by atoms with Gasteiger partial charge in [0, 0.05) is 19.6 Å². The van der Waals surface area contributed by atoms with Crippen molar-refractivity contribution in [3.63, 3.8) is 0 Å². The van der Waals surface area contributed by atoms with Gasteiger partial charge in [-0.25, -0.2) is 8.42 Å². The van der Waals surface area contributed by atoms with E-state index in [0.717, 1.165) is 0 Å². The second-order valence-electron chi connectivity index (χ2n) is 5.87. The van der Waals surface area contributed by atoms with Crippen molar-refractivity contribution >= 4 is 21.7 Å². The third-order valence-corrected chi connectivity index (χ3v) is 5.98. The van der Waals surface area contributed by atoms with Crippen molar-refractivity contribution < 1.29 is 23.1 Å². The van der Waals surface area contributed by atoms with Crippen molar-refractivity contribution in [1.29, 1.82) is 0 Å². The highest BCUT2D eigenvalue weighted by Gasteiger charge is 2.34. The molecule has 1 aliphatic heterocycles. The van der Waals surface area contributed by atoms with Gasteiger partial charge in [-0.1, -0.05) is 0 Å². The van der Waals surface area contributed by atoms with Crippen molar-refractivity contribution in [1.82, 2.24) is 10.2 Å². The fourth-order valence-corrected chi connectivity index (χ4v) is 3.05. The van der Waals surface area contributed by atoms with Gasteiger partial charge in [0.1, 0.15) is 0 Å². The predicted octanol–water partition coefficient (Wildman–Crippen LogP) is -0.525. The molecule has 1 aliphatic rings. The molecule has 0 saturated carbocycles. The van der Waals surface area contributed by atoms with Crippen LogP contribution < -0.4 is 5.32 Å². The molecule has 1 rings (SSSR count). The Balaban J connectivity index is 2.74. The summed E-state index contributed by atoms with van der Waals surface area (Å²) in [5, 5.41) is 11.4. The van der Waals surface area contributed by atoms with Crippen molar-refractivity contribution in [2.24, 2.45) is 0 Å². The lowest BCUT2D eigenvalue weighted by Gasteiger charge is -2.34. The van der Waals surface area contributed by atoms with Crippen LogP contribution in [0, 0.1) is 0 Å². The summed E-state index contributed by atoms with van der Waals surface area (Å²) in [6.07, 6.45) is -0.318. The van der Waals surface area contributed by atoms with Gasteiger partial charge in [-0.3, -0.25) is 14.5 Å². The number of carbonyl (C=O) groups excluding carboxylic acids is 1. The molecule has 0 aromatic rings. The molecule has 0 aromatic carbocycles. The number of carboxylic acid groups (broad SMARTS) is 1. The van der Waals surface area contributed by atoms with Crippen LogP contribution in [0.2, 0.25) is 0 Å². The number of nitrogens with zero attached hydrogens (tertiary/aromatic N) is 1. The van der Waals surface area contributed by atoms with E-state index >= 15 is 0 Å². The average Bonchev–Trinajstić information content (AvgIpc) is 2.28. The van der Waals surface area contributed by atoms with Crippen LogP contribution in [-0.4, -0.2) is 66.5 Å². The van der Waals surface area contributed by atoms with Gasteiger partial charge in [-0.15, -0.1) is 0 Å². The minimum Gasteiger partial charge on any atom is -0.481 e. The summed E-state index contributed by atoms with van der Waals surface area (Å²) in [7, 11) is -3.29. The standard InChI is InChI=1S/C12H22N2O5S/c1-12(2,3)20(18,19)7-6-14-5-4-13-11(17)9(14)8-10(15)16/h9H,4-8H2,1-3H3,(H,13,17)(H,15,16). The number of amides is 1. The summed E-state index contributed by atoms with van der Waals surface area (Å²) in [6.45, 7) is 5.92. The molecule has 1 heterocycles. The van der Waals surface area contributed by atoms with Crippen LogP contribution in [0.5, 0.6) is 0 Å². The number of piperazine rings is 1. The summed E-state index contributed by atoms with van der Waals surface area (Å²) in [6, 6.07) is -0.795. The van der Waals surface area contributed by atoms with E-state index in [-0.39, 0.29) is 24.6 Å². The zero-order valence-electron chi connectivity index (χ0n) is 12.0. The van der Waals surface area contributed by atoms with Crippen LogP contribution in [0.4, 0.5) is 0 Å². The van der Waals surface area contributed by atoms with Gasteiger partial charge in [0.25, 0.3) is 0 Å². The molecule has 2 N–H and O–H groups in total. The number of nitrogens with one attached hydrogen (secondary N) is 1. The van der Waals surface area contributed by atoms with Crippen LogP contribution in [-0.2, 0) is 19.4 Å². The van der Waals surface area contributed by atoms with E-state index in [9.17, 15) is 18.0 Å². The molecule has 1 atom stereocenters. The molecule has 1 fully saturated rings. The van der Waals surface area contributed by atoms with Gasteiger partial charge in [0.15, 0.2) is 9.84 Å². The van der Waals surface area contributed by atoms with Crippen molar-refractivity contribution in [3.8, 4) is 0 Å². The number of carbonyl (C=O) groups is 2. The van der Waals surface area contributed by atoms with Gasteiger partial charge in [-0.2, -0.15) is 0 Å². The molecule has 8 heteroatoms. The van der Waals surface area contributed by atoms with Gasteiger partial charge in [-0.05, 0) is 20.8 Å². The molecule has 0 radical (unpaired) electrons. The number of carboxylic acids is 1. The van der Waals surface area contributed by atoms with Gasteiger partial charge in [0.2, 0.25) is 5.91 Å². The quantitative estimate of drug-likeness (QED) is 0.708. The summed E-state index contributed by atoms with van der Waals surface area (Å²) < 4.78 is 23.3. The molecule has 1 amide bonds. The average molecular weight is 306 g/mol. The molecular weight excluding hydrogens is 284 g/mol. The highest BCUT2D eigenvalue weighted by Crippen LogP contribution is 2.17. The first-order valence-corrected chi connectivity index (χ1v) is 8.15. The molecule has 0 aliphatic carbocycles. The Kier molecular flexibility index (Phi) is 5.15. The van der Waals surface area contributed by atoms with E-state index in [1.54, 1.807) is 25.7 Å². The number of hydrogen-bond donors (Lipinski definition) is 2. The Morgan fingerprint density at radius 1 is 1.45 bits per heavy atom. The maximum absolute atomic E-state index is 12.1. The van der Waals surface area contributed by atoms with Crippen LogP contribution >= 0.6 is 0 Å². The van der Waals surface area contributed by atoms with E-state index < -0.39 is 26.6 Å². The van der Waals surface area contributed by atoms with Crippen LogP contribution in [0.1, 0.15) is 27.2 Å². The minimum atomic E-state index is -3.29. The summed E-state index contributed by atoms with van der Waals surface area (Å²) in [5.74, 6) is -1.51. The molecule has 0 spiro atoms. The Hall–Kier alpha value is -1.15. The highest BCUT2D eigenvalue weighted by atomic mass is 32.2. The van der Waals surface area contributed by atoms with E-state index in [4.69, 9.17) is 5.11 Å². The maximum Gasteiger partial charge on any atom is 0.305 e. The van der Waals surface area contributed by atoms with Crippen LogP contribution in [0.25, 0.3) is 0 Å². The molecule has 0 bridgehead atoms. The SMILES string of the molecule is CC(C)(C)S(=O)(=O)CCN1CCNC(=O)C1CC(=O)O. The smallest absolute Gasteiger partial charge is 0.305 e. The predicted molar refractivity (Wildman–Crippen MR) is 74.2 cm³/mol. The molecule has 20 heavy (non-hydrogen) atoms. The largest absolute Gasteiger partial charge is 0.481 e. The Labute approximate surface area is 119 Å². The first-order valence-electron chi connectivity index (χ1n) is 6.50. The molecule has 7 nitrogen and oxygen atoms in total. The molecule has 1 unspecified atom stereocenters. The lowest BCUT2D eigenvalue weighted by Crippen LogP contribution is -2.57. The topological polar surface area (TPSA) is 104 Å². The number of hydrogen-bond acceptors (Lipinski definition) is 5. The van der Waals surface area contributed by atoms with Gasteiger partial charge in [0.05, 0.1) is 23.0 Å². The molecule has 116 valence electrons. The fourth-order valence-electron chi connectivity index (χ4n) is 1.96. The lowest BCUT2D eigenvalue weighted by atomic mass is 10.1. The molecular formula is C12H22N2O5S. The van der Waals surface area contributed by atoms with Gasteiger partial charge >= 0.3 is 5.97 Å². The monoisotopic (exact) mass is 306 g/mol. The zero-order chi connectivity index (χ0) is 15.6. The Morgan fingerprint density at radius 2 is 2.05 bits per heavy atom. The van der Waals surface area contributed by atoms with E-state index in [1.807, 2.05) is 0 Å². The fraction of sp³-hybridized carbons (Fsp3) is 0.833. The number of rotatable bonds is 5. The van der Waals surface area contributed by atoms with Gasteiger partial charge < -0.3 is 10.4 Å². The van der Waals surface area contributed by atoms with Crippen molar-refractivity contribution in [3.05, 3.63) is 0 Å². The summed E-state index contributed by atoms with van der Waals surface area (Å²) in [4.78, 5) is 24.1. The number of sulfone groups is 1. The Bertz CT molecular complexity index is 481. The molecule has 1 saturated heterocycles. The highest BCUT2D eigenvalue weighted by molar-refractivity contribution is 7.92. The maximum atomic E-state index is 12.1.